The number of hydrogen-bond donors (Lipinski definition) is 0. The minimum absolute atomic E-state index is 0.101. The van der Waals surface area contributed by atoms with E-state index in [9.17, 15) is 18.0 Å². The maximum Gasteiger partial charge on any atom is 0.573 e. The summed E-state index contributed by atoms with van der Waals surface area (Å²) >= 11 is 0. The van der Waals surface area contributed by atoms with Crippen LogP contribution in [-0.4, -0.2) is 22.2 Å². The molecule has 1 amide bonds. The van der Waals surface area contributed by atoms with Gasteiger partial charge in [0.1, 0.15) is 5.75 Å². The van der Waals surface area contributed by atoms with Crippen molar-refractivity contribution >= 4 is 17.5 Å². The Morgan fingerprint density at radius 1 is 1.12 bits per heavy atom. The molecule has 0 unspecified atom stereocenters. The number of alkyl halides is 3. The monoisotopic (exact) mass is 351 g/mol. The Labute approximate surface area is 142 Å². The average Bonchev–Trinajstić information content (AvgIpc) is 3.31. The summed E-state index contributed by atoms with van der Waals surface area (Å²) in [5, 5.41) is 0. The number of ether oxygens (including phenoxy) is 1. The molecule has 1 saturated carbocycles. The first-order chi connectivity index (χ1) is 11.7. The largest absolute Gasteiger partial charge is 0.573 e. The fourth-order valence-corrected chi connectivity index (χ4v) is 2.46. The molecule has 5 nitrogen and oxygen atoms in total. The van der Waals surface area contributed by atoms with Crippen molar-refractivity contribution < 1.29 is 22.7 Å². The van der Waals surface area contributed by atoms with E-state index in [0.717, 1.165) is 12.8 Å². The Kier molecular flexibility index (Phi) is 4.36. The number of halogens is 3. The predicted octanol–water partition coefficient (Wildman–Crippen LogP) is 4.07. The molecule has 1 fully saturated rings. The summed E-state index contributed by atoms with van der Waals surface area (Å²) < 4.78 is 40.7. The van der Waals surface area contributed by atoms with E-state index in [0.29, 0.717) is 17.1 Å². The third kappa shape index (κ3) is 4.26. The molecule has 1 aromatic carbocycles. The molecule has 0 bridgehead atoms. The van der Waals surface area contributed by atoms with Crippen molar-refractivity contribution in [2.45, 2.75) is 33.1 Å². The van der Waals surface area contributed by atoms with E-state index in [-0.39, 0.29) is 23.5 Å². The highest BCUT2D eigenvalue weighted by Gasteiger charge is 2.36. The second kappa shape index (κ2) is 6.34. The predicted molar refractivity (Wildman–Crippen MR) is 84.5 cm³/mol. The van der Waals surface area contributed by atoms with Gasteiger partial charge < -0.3 is 4.74 Å². The number of carbonyl (C=O) groups excluding carboxylic acids is 1. The van der Waals surface area contributed by atoms with Crippen molar-refractivity contribution in [3.05, 3.63) is 41.7 Å². The molecule has 0 atom stereocenters. The van der Waals surface area contributed by atoms with E-state index < -0.39 is 6.36 Å². The van der Waals surface area contributed by atoms with Crippen LogP contribution in [0.4, 0.5) is 24.8 Å². The number of carbonyl (C=O) groups is 1. The van der Waals surface area contributed by atoms with Gasteiger partial charge in [0.05, 0.1) is 5.69 Å². The van der Waals surface area contributed by atoms with Crippen LogP contribution < -0.4 is 9.64 Å². The Morgan fingerprint density at radius 2 is 1.68 bits per heavy atom. The highest BCUT2D eigenvalue weighted by molar-refractivity contribution is 6.01. The van der Waals surface area contributed by atoms with Crippen molar-refractivity contribution in [1.29, 1.82) is 0 Å². The Bertz CT molecular complexity index is 766. The Balaban J connectivity index is 1.96. The zero-order valence-corrected chi connectivity index (χ0v) is 13.7. The first-order valence-electron chi connectivity index (χ1n) is 7.75. The topological polar surface area (TPSA) is 55.3 Å². The fourth-order valence-electron chi connectivity index (χ4n) is 2.46. The third-order valence-corrected chi connectivity index (χ3v) is 3.65. The van der Waals surface area contributed by atoms with Gasteiger partial charge in [-0.3, -0.25) is 4.79 Å². The SMILES string of the molecule is Cc1cc(C)nc(N(C(=O)C2CC2)c2ccc(OC(F)(F)F)cc2)n1. The quantitative estimate of drug-likeness (QED) is 0.833. The van der Waals surface area contributed by atoms with Gasteiger partial charge in [-0.1, -0.05) is 0 Å². The molecule has 3 rings (SSSR count). The first kappa shape index (κ1) is 17.2. The number of aryl methyl sites for hydroxylation is 2. The Morgan fingerprint density at radius 3 is 2.16 bits per heavy atom. The van der Waals surface area contributed by atoms with Crippen molar-refractivity contribution in [2.24, 2.45) is 5.92 Å². The van der Waals surface area contributed by atoms with Crippen molar-refractivity contribution in [2.75, 3.05) is 4.90 Å². The van der Waals surface area contributed by atoms with E-state index in [1.165, 1.54) is 29.2 Å². The molecule has 0 radical (unpaired) electrons. The van der Waals surface area contributed by atoms with Gasteiger partial charge in [0, 0.05) is 17.3 Å². The number of hydrogen-bond acceptors (Lipinski definition) is 4. The lowest BCUT2D eigenvalue weighted by atomic mass is 10.2. The molecule has 8 heteroatoms. The molecule has 1 aromatic heterocycles. The van der Waals surface area contributed by atoms with E-state index in [1.54, 1.807) is 19.9 Å². The van der Waals surface area contributed by atoms with Crippen LogP contribution in [0.15, 0.2) is 30.3 Å². The van der Waals surface area contributed by atoms with Crippen LogP contribution in [0, 0.1) is 19.8 Å². The highest BCUT2D eigenvalue weighted by atomic mass is 19.4. The molecule has 0 saturated heterocycles. The molecular formula is C17H16F3N3O2. The van der Waals surface area contributed by atoms with Crippen molar-refractivity contribution in [3.63, 3.8) is 0 Å². The third-order valence-electron chi connectivity index (χ3n) is 3.65. The van der Waals surface area contributed by atoms with Gasteiger partial charge >= 0.3 is 6.36 Å². The molecule has 2 aromatic rings. The van der Waals surface area contributed by atoms with E-state index in [4.69, 9.17) is 0 Å². The summed E-state index contributed by atoms with van der Waals surface area (Å²) in [6, 6.07) is 6.89. The van der Waals surface area contributed by atoms with Crippen molar-refractivity contribution in [3.8, 4) is 5.75 Å². The molecule has 1 aliphatic rings. The Hall–Kier alpha value is -2.64. The number of amides is 1. The zero-order chi connectivity index (χ0) is 18.2. The van der Waals surface area contributed by atoms with E-state index >= 15 is 0 Å². The van der Waals surface area contributed by atoms with Gasteiger partial charge in [-0.05, 0) is 57.0 Å². The smallest absolute Gasteiger partial charge is 0.406 e. The second-order valence-corrected chi connectivity index (χ2v) is 5.94. The first-order valence-corrected chi connectivity index (χ1v) is 7.75. The van der Waals surface area contributed by atoms with Crippen LogP contribution in [0.3, 0.4) is 0 Å². The van der Waals surface area contributed by atoms with E-state index in [2.05, 4.69) is 14.7 Å². The van der Waals surface area contributed by atoms with Crippen LogP contribution in [0.2, 0.25) is 0 Å². The lowest BCUT2D eigenvalue weighted by Gasteiger charge is -2.22. The highest BCUT2D eigenvalue weighted by Crippen LogP contribution is 2.36. The number of rotatable bonds is 4. The second-order valence-electron chi connectivity index (χ2n) is 5.94. The maximum absolute atomic E-state index is 12.7. The lowest BCUT2D eigenvalue weighted by Crippen LogP contribution is -2.29. The summed E-state index contributed by atoms with van der Waals surface area (Å²) in [7, 11) is 0. The normalized spacial score (nSPS) is 14.3. The van der Waals surface area contributed by atoms with Gasteiger partial charge in [-0.15, -0.1) is 13.2 Å². The van der Waals surface area contributed by atoms with Gasteiger partial charge in [-0.2, -0.15) is 0 Å². The lowest BCUT2D eigenvalue weighted by molar-refractivity contribution is -0.274. The van der Waals surface area contributed by atoms with Crippen LogP contribution in [0.1, 0.15) is 24.2 Å². The minimum Gasteiger partial charge on any atom is -0.406 e. The van der Waals surface area contributed by atoms with Crippen LogP contribution in [0.25, 0.3) is 0 Å². The zero-order valence-electron chi connectivity index (χ0n) is 13.7. The molecule has 0 aliphatic heterocycles. The number of anilines is 2. The van der Waals surface area contributed by atoms with Crippen LogP contribution >= 0.6 is 0 Å². The summed E-state index contributed by atoms with van der Waals surface area (Å²) in [5.41, 5.74) is 1.80. The van der Waals surface area contributed by atoms with Crippen LogP contribution in [-0.2, 0) is 4.79 Å². The summed E-state index contributed by atoms with van der Waals surface area (Å²) in [6.07, 6.45) is -3.19. The maximum atomic E-state index is 12.7. The van der Waals surface area contributed by atoms with Gasteiger partial charge in [0.25, 0.3) is 0 Å². The molecule has 0 spiro atoms. The summed E-state index contributed by atoms with van der Waals surface area (Å²) in [5.74, 6) is -0.389. The standard InChI is InChI=1S/C17H16F3N3O2/c1-10-9-11(2)22-16(21-10)23(15(24)12-3-4-12)13-5-7-14(8-6-13)25-17(18,19)20/h5-9,12H,3-4H2,1-2H3. The van der Waals surface area contributed by atoms with Gasteiger partial charge in [0.15, 0.2) is 0 Å². The molecule has 1 aliphatic carbocycles. The molecule has 0 N–H and O–H groups in total. The number of nitrogens with zero attached hydrogens (tertiary/aromatic N) is 3. The minimum atomic E-state index is -4.76. The van der Waals surface area contributed by atoms with Crippen molar-refractivity contribution in [1.82, 2.24) is 9.97 Å². The molecule has 132 valence electrons. The molecule has 25 heavy (non-hydrogen) atoms. The molecular weight excluding hydrogens is 335 g/mol. The van der Waals surface area contributed by atoms with Crippen LogP contribution in [0.5, 0.6) is 5.75 Å². The van der Waals surface area contributed by atoms with E-state index in [1.807, 2.05) is 0 Å². The summed E-state index contributed by atoms with van der Waals surface area (Å²) in [4.78, 5) is 22.6. The fraction of sp³-hybridized carbons (Fsp3) is 0.353. The average molecular weight is 351 g/mol. The van der Waals surface area contributed by atoms with Gasteiger partial charge in [0.2, 0.25) is 11.9 Å². The number of aromatic nitrogens is 2. The molecule has 1 heterocycles. The number of benzene rings is 1. The van der Waals surface area contributed by atoms with Gasteiger partial charge in [-0.25, -0.2) is 14.9 Å². The summed E-state index contributed by atoms with van der Waals surface area (Å²) in [6.45, 7) is 3.58.